The summed E-state index contributed by atoms with van der Waals surface area (Å²) in [6.07, 6.45) is 5.64. The number of benzene rings is 1. The molecule has 0 spiro atoms. The van der Waals surface area contributed by atoms with Crippen molar-refractivity contribution in [2.45, 2.75) is 51.0 Å². The van der Waals surface area contributed by atoms with Gasteiger partial charge in [-0.2, -0.15) is 0 Å². The predicted molar refractivity (Wildman–Crippen MR) is 135 cm³/mol. The van der Waals surface area contributed by atoms with Crippen molar-refractivity contribution in [1.29, 1.82) is 0 Å². The largest absolute Gasteiger partial charge is 0.481 e. The van der Waals surface area contributed by atoms with Crippen LogP contribution in [0.15, 0.2) is 40.9 Å². The summed E-state index contributed by atoms with van der Waals surface area (Å²) >= 11 is 3.63. The highest BCUT2D eigenvalue weighted by Crippen LogP contribution is 2.55. The summed E-state index contributed by atoms with van der Waals surface area (Å²) in [4.78, 5) is 41.3. The highest BCUT2D eigenvalue weighted by molar-refractivity contribution is 9.10. The summed E-state index contributed by atoms with van der Waals surface area (Å²) in [7, 11) is 1.60. The molecule has 3 saturated carbocycles. The molecule has 6 atom stereocenters. The van der Waals surface area contributed by atoms with Crippen LogP contribution >= 0.6 is 15.9 Å². The molecule has 1 aromatic carbocycles. The van der Waals surface area contributed by atoms with Crippen molar-refractivity contribution in [3.63, 3.8) is 0 Å². The van der Waals surface area contributed by atoms with Gasteiger partial charge in [0.05, 0.1) is 23.3 Å². The van der Waals surface area contributed by atoms with E-state index in [9.17, 15) is 19.7 Å². The number of ether oxygens (including phenoxy) is 2. The van der Waals surface area contributed by atoms with Crippen molar-refractivity contribution in [2.24, 2.45) is 29.6 Å². The number of ketones is 1. The quantitative estimate of drug-likeness (QED) is 0.260. The summed E-state index contributed by atoms with van der Waals surface area (Å²) < 4.78 is 12.3. The van der Waals surface area contributed by atoms with Crippen LogP contribution in [-0.2, 0) is 16.0 Å². The minimum absolute atomic E-state index is 0.0202. The third kappa shape index (κ3) is 4.77. The average Bonchev–Trinajstić information content (AvgIpc) is 3.22. The average molecular weight is 557 g/mol. The fourth-order valence-electron chi connectivity index (χ4n) is 6.82. The SMILES string of the molecule is COc1ccc(Br)c(C[C@H]2C[C@@H](OC(=O)c3ccc([N+](=O)[O-])cc3)[C@H]3CC(=O)[C@@H]4CCCC[C@H]4[C@H]23)n1. The number of pyridine rings is 1. The van der Waals surface area contributed by atoms with E-state index in [1.807, 2.05) is 12.1 Å². The maximum atomic E-state index is 13.1. The monoisotopic (exact) mass is 556 g/mol. The molecule has 0 N–H and O–H groups in total. The summed E-state index contributed by atoms with van der Waals surface area (Å²) in [5.74, 6) is 1.25. The topological polar surface area (TPSA) is 109 Å². The Morgan fingerprint density at radius 2 is 1.89 bits per heavy atom. The molecular formula is C27H29BrN2O6. The van der Waals surface area contributed by atoms with Crippen molar-refractivity contribution in [2.75, 3.05) is 7.11 Å². The summed E-state index contributed by atoms with van der Waals surface area (Å²) in [5.41, 5.74) is 1.10. The van der Waals surface area contributed by atoms with Gasteiger partial charge in [-0.3, -0.25) is 14.9 Å². The molecule has 2 aromatic rings. The first kappa shape index (κ1) is 24.9. The number of hydrogen-bond donors (Lipinski definition) is 0. The predicted octanol–water partition coefficient (Wildman–Crippen LogP) is 5.56. The van der Waals surface area contributed by atoms with E-state index in [0.717, 1.165) is 35.8 Å². The van der Waals surface area contributed by atoms with Crippen molar-refractivity contribution < 1.29 is 24.0 Å². The van der Waals surface area contributed by atoms with Gasteiger partial charge in [0.2, 0.25) is 5.88 Å². The number of fused-ring (bicyclic) bond motifs is 3. The zero-order valence-electron chi connectivity index (χ0n) is 20.1. The van der Waals surface area contributed by atoms with Crippen LogP contribution in [0.3, 0.4) is 0 Å². The van der Waals surface area contributed by atoms with Crippen LogP contribution in [0.5, 0.6) is 5.88 Å². The van der Waals surface area contributed by atoms with Gasteiger partial charge in [-0.25, -0.2) is 9.78 Å². The van der Waals surface area contributed by atoms with E-state index >= 15 is 0 Å². The molecule has 190 valence electrons. The molecule has 1 heterocycles. The molecule has 8 nitrogen and oxygen atoms in total. The Morgan fingerprint density at radius 1 is 1.14 bits per heavy atom. The minimum Gasteiger partial charge on any atom is -0.481 e. The third-order valence-electron chi connectivity index (χ3n) is 8.35. The van der Waals surface area contributed by atoms with E-state index in [0.29, 0.717) is 36.8 Å². The number of Topliss-reactive ketones (excluding diaryl/α,β-unsaturated/α-hetero) is 1. The number of hydrogen-bond acceptors (Lipinski definition) is 7. The fourth-order valence-corrected chi connectivity index (χ4v) is 7.20. The van der Waals surface area contributed by atoms with E-state index in [4.69, 9.17) is 9.47 Å². The van der Waals surface area contributed by atoms with Crippen molar-refractivity contribution in [1.82, 2.24) is 4.98 Å². The zero-order valence-corrected chi connectivity index (χ0v) is 21.7. The van der Waals surface area contributed by atoms with Gasteiger partial charge in [-0.05, 0) is 77.6 Å². The van der Waals surface area contributed by atoms with Gasteiger partial charge < -0.3 is 9.47 Å². The number of halogens is 1. The van der Waals surface area contributed by atoms with Gasteiger partial charge in [0.15, 0.2) is 0 Å². The molecule has 0 aliphatic heterocycles. The second-order valence-electron chi connectivity index (χ2n) is 10.2. The number of nitro benzene ring substituents is 1. The molecule has 5 rings (SSSR count). The normalized spacial score (nSPS) is 29.2. The van der Waals surface area contributed by atoms with E-state index < -0.39 is 10.9 Å². The smallest absolute Gasteiger partial charge is 0.338 e. The van der Waals surface area contributed by atoms with Crippen LogP contribution in [0, 0.1) is 39.7 Å². The van der Waals surface area contributed by atoms with Crippen LogP contribution < -0.4 is 4.74 Å². The number of nitrogens with zero attached hydrogens (tertiary/aromatic N) is 2. The first-order valence-corrected chi connectivity index (χ1v) is 13.3. The van der Waals surface area contributed by atoms with Crippen LogP contribution in [0.25, 0.3) is 0 Å². The molecular weight excluding hydrogens is 528 g/mol. The van der Waals surface area contributed by atoms with Crippen LogP contribution in [0.1, 0.15) is 54.6 Å². The lowest BCUT2D eigenvalue weighted by molar-refractivity contribution is -0.384. The van der Waals surface area contributed by atoms with Gasteiger partial charge in [0.25, 0.3) is 5.69 Å². The summed E-state index contributed by atoms with van der Waals surface area (Å²) in [5, 5.41) is 11.0. The molecule has 0 radical (unpaired) electrons. The summed E-state index contributed by atoms with van der Waals surface area (Å²) in [6, 6.07) is 9.21. The molecule has 36 heavy (non-hydrogen) atoms. The highest BCUT2D eigenvalue weighted by atomic mass is 79.9. The molecule has 0 bridgehead atoms. The van der Waals surface area contributed by atoms with Crippen molar-refractivity contribution >= 4 is 33.4 Å². The Bertz CT molecular complexity index is 1170. The standard InChI is InChI=1S/C27H29BrN2O6/c1-35-25-11-10-21(28)22(29-25)12-16-13-24(36-27(32)15-6-8-17(9-7-15)30(33)34)20-14-23(31)18-4-2-3-5-19(18)26(16)20/h6-11,16,18-20,24,26H,2-5,12-14H2,1H3/t16-,18+,19+,20+,24+,26-/m0/s1. The lowest BCUT2D eigenvalue weighted by Crippen LogP contribution is -2.44. The number of aromatic nitrogens is 1. The van der Waals surface area contributed by atoms with Gasteiger partial charge in [-0.15, -0.1) is 0 Å². The van der Waals surface area contributed by atoms with Crippen LogP contribution in [0.2, 0.25) is 0 Å². The molecule has 0 unspecified atom stereocenters. The Kier molecular flexibility index (Phi) is 7.10. The van der Waals surface area contributed by atoms with Gasteiger partial charge in [0, 0.05) is 40.9 Å². The number of nitro groups is 1. The number of esters is 1. The molecule has 3 aliphatic carbocycles. The Hall–Kier alpha value is -2.81. The number of non-ortho nitro benzene ring substituents is 1. The molecule has 1 aromatic heterocycles. The van der Waals surface area contributed by atoms with Gasteiger partial charge >= 0.3 is 5.97 Å². The van der Waals surface area contributed by atoms with Crippen LogP contribution in [-0.4, -0.2) is 34.9 Å². The van der Waals surface area contributed by atoms with E-state index in [2.05, 4.69) is 20.9 Å². The maximum Gasteiger partial charge on any atom is 0.338 e. The van der Waals surface area contributed by atoms with E-state index in [-0.39, 0.29) is 41.0 Å². The number of rotatable bonds is 6. The Balaban J connectivity index is 1.41. The van der Waals surface area contributed by atoms with Gasteiger partial charge in [0.1, 0.15) is 11.9 Å². The van der Waals surface area contributed by atoms with Gasteiger partial charge in [-0.1, -0.05) is 12.8 Å². The Labute approximate surface area is 218 Å². The second kappa shape index (κ2) is 10.3. The van der Waals surface area contributed by atoms with Crippen LogP contribution in [0.4, 0.5) is 5.69 Å². The number of methoxy groups -OCH3 is 1. The first-order valence-electron chi connectivity index (χ1n) is 12.5. The molecule has 9 heteroatoms. The Morgan fingerprint density at radius 3 is 2.61 bits per heavy atom. The fraction of sp³-hybridized carbons (Fsp3) is 0.519. The lowest BCUT2D eigenvalue weighted by Gasteiger charge is -2.44. The first-order chi connectivity index (χ1) is 17.4. The number of carbonyl (C=O) groups is 2. The second-order valence-corrected chi connectivity index (χ2v) is 11.1. The lowest BCUT2D eigenvalue weighted by atomic mass is 9.59. The van der Waals surface area contributed by atoms with Crippen molar-refractivity contribution in [3.05, 3.63) is 62.2 Å². The molecule has 3 fully saturated rings. The highest BCUT2D eigenvalue weighted by Gasteiger charge is 2.55. The van der Waals surface area contributed by atoms with E-state index in [1.165, 1.54) is 24.3 Å². The number of carbonyl (C=O) groups excluding carboxylic acids is 2. The van der Waals surface area contributed by atoms with Crippen molar-refractivity contribution in [3.8, 4) is 5.88 Å². The third-order valence-corrected chi connectivity index (χ3v) is 9.07. The molecule has 0 amide bonds. The van der Waals surface area contributed by atoms with E-state index in [1.54, 1.807) is 7.11 Å². The maximum absolute atomic E-state index is 13.1. The minimum atomic E-state index is -0.506. The zero-order chi connectivity index (χ0) is 25.4. The summed E-state index contributed by atoms with van der Waals surface area (Å²) in [6.45, 7) is 0. The molecule has 0 saturated heterocycles. The molecule has 3 aliphatic rings.